The van der Waals surface area contributed by atoms with E-state index in [4.69, 9.17) is 0 Å². The Kier molecular flexibility index (Phi) is 4.43. The topological polar surface area (TPSA) is 52.7 Å². The molecule has 2 aliphatic rings. The molecule has 2 aliphatic heterocycles. The monoisotopic (exact) mass is 301 g/mol. The van der Waals surface area contributed by atoms with Crippen LogP contribution in [0.3, 0.4) is 0 Å². The summed E-state index contributed by atoms with van der Waals surface area (Å²) in [5.41, 5.74) is 1.52. The second-order valence-electron chi connectivity index (χ2n) is 6.12. The fraction of sp³-hybridized carbons (Fsp3) is 0.529. The summed E-state index contributed by atoms with van der Waals surface area (Å²) in [5, 5.41) is 2.83. The van der Waals surface area contributed by atoms with Crippen LogP contribution in [-0.4, -0.2) is 42.4 Å². The van der Waals surface area contributed by atoms with Crippen LogP contribution in [0.25, 0.3) is 0 Å². The third-order valence-electron chi connectivity index (χ3n) is 4.58. The van der Waals surface area contributed by atoms with E-state index in [1.165, 1.54) is 12.8 Å². The molecule has 0 spiro atoms. The molecule has 5 nitrogen and oxygen atoms in total. The number of fused-ring (bicyclic) bond motifs is 1. The zero-order chi connectivity index (χ0) is 15.5. The molecule has 0 bridgehead atoms. The molecule has 2 heterocycles. The molecule has 0 radical (unpaired) electrons. The van der Waals surface area contributed by atoms with Crippen molar-refractivity contribution < 1.29 is 9.59 Å². The number of nitrogens with one attached hydrogen (secondary N) is 1. The van der Waals surface area contributed by atoms with Crippen LogP contribution in [0.1, 0.15) is 32.6 Å². The maximum absolute atomic E-state index is 12.9. The highest BCUT2D eigenvalue weighted by Gasteiger charge is 2.32. The molecule has 2 amide bonds. The Labute approximate surface area is 131 Å². The van der Waals surface area contributed by atoms with Gasteiger partial charge in [0.25, 0.3) is 0 Å². The minimum absolute atomic E-state index is 0.0178. The van der Waals surface area contributed by atoms with Gasteiger partial charge in [0, 0.05) is 0 Å². The predicted octanol–water partition coefficient (Wildman–Crippen LogP) is 2.24. The van der Waals surface area contributed by atoms with Crippen molar-refractivity contribution in [3.05, 3.63) is 24.3 Å². The van der Waals surface area contributed by atoms with Crippen LogP contribution in [0.2, 0.25) is 0 Å². The van der Waals surface area contributed by atoms with Crippen molar-refractivity contribution in [1.29, 1.82) is 0 Å². The van der Waals surface area contributed by atoms with Gasteiger partial charge in [0.15, 0.2) is 0 Å². The Morgan fingerprint density at radius 2 is 1.82 bits per heavy atom. The van der Waals surface area contributed by atoms with Crippen molar-refractivity contribution in [3.63, 3.8) is 0 Å². The van der Waals surface area contributed by atoms with Crippen LogP contribution in [0.15, 0.2) is 24.3 Å². The van der Waals surface area contributed by atoms with Gasteiger partial charge >= 0.3 is 0 Å². The van der Waals surface area contributed by atoms with E-state index in [0.29, 0.717) is 0 Å². The number of hydrogen-bond acceptors (Lipinski definition) is 3. The number of para-hydroxylation sites is 2. The summed E-state index contributed by atoms with van der Waals surface area (Å²) in [6, 6.07) is 7.31. The number of carbonyl (C=O) groups excluding carboxylic acids is 2. The van der Waals surface area contributed by atoms with Crippen molar-refractivity contribution in [2.24, 2.45) is 0 Å². The molecule has 1 aromatic rings. The van der Waals surface area contributed by atoms with Crippen molar-refractivity contribution in [2.45, 2.75) is 38.6 Å². The highest BCUT2D eigenvalue weighted by molar-refractivity contribution is 6.11. The van der Waals surface area contributed by atoms with Crippen molar-refractivity contribution in [1.82, 2.24) is 4.90 Å². The summed E-state index contributed by atoms with van der Waals surface area (Å²) >= 11 is 0. The Hall–Kier alpha value is -1.88. The number of likely N-dealkylation sites (tertiary alicyclic amines) is 1. The van der Waals surface area contributed by atoms with Crippen LogP contribution in [0.5, 0.6) is 0 Å². The quantitative estimate of drug-likeness (QED) is 0.911. The van der Waals surface area contributed by atoms with Crippen LogP contribution in [0, 0.1) is 0 Å². The van der Waals surface area contributed by atoms with E-state index in [0.717, 1.165) is 37.3 Å². The van der Waals surface area contributed by atoms with Gasteiger partial charge in [-0.1, -0.05) is 25.0 Å². The van der Waals surface area contributed by atoms with E-state index in [2.05, 4.69) is 10.2 Å². The van der Waals surface area contributed by atoms with E-state index in [-0.39, 0.29) is 24.4 Å². The molecule has 22 heavy (non-hydrogen) atoms. The Morgan fingerprint density at radius 3 is 2.55 bits per heavy atom. The SMILES string of the molecule is C[C@@H](C(=O)N1CC(=O)Nc2ccccc21)N1CCCCCC1. The van der Waals surface area contributed by atoms with Gasteiger partial charge in [-0.2, -0.15) is 0 Å². The highest BCUT2D eigenvalue weighted by atomic mass is 16.2. The lowest BCUT2D eigenvalue weighted by Crippen LogP contribution is -2.51. The first kappa shape index (κ1) is 15.0. The molecule has 1 saturated heterocycles. The molecule has 0 saturated carbocycles. The lowest BCUT2D eigenvalue weighted by atomic mass is 10.1. The van der Waals surface area contributed by atoms with Crippen LogP contribution < -0.4 is 10.2 Å². The molecule has 3 rings (SSSR count). The standard InChI is InChI=1S/C17H23N3O2/c1-13(19-10-6-2-3-7-11-19)17(22)20-12-16(21)18-14-8-4-5-9-15(14)20/h4-5,8-9,13H,2-3,6-7,10-12H2,1H3,(H,18,21)/t13-/m0/s1. The Balaban J connectivity index is 1.80. The van der Waals surface area contributed by atoms with Gasteiger partial charge in [0.05, 0.1) is 17.4 Å². The van der Waals surface area contributed by atoms with Crippen molar-refractivity contribution in [3.8, 4) is 0 Å². The third kappa shape index (κ3) is 2.99. The summed E-state index contributed by atoms with van der Waals surface area (Å²) in [4.78, 5) is 28.7. The van der Waals surface area contributed by atoms with E-state index in [9.17, 15) is 9.59 Å². The summed E-state index contributed by atoms with van der Waals surface area (Å²) in [7, 11) is 0. The Bertz CT molecular complexity index is 565. The highest BCUT2D eigenvalue weighted by Crippen LogP contribution is 2.30. The summed E-state index contributed by atoms with van der Waals surface area (Å²) in [6.45, 7) is 4.00. The average Bonchev–Trinajstić information content (AvgIpc) is 2.82. The first-order valence-corrected chi connectivity index (χ1v) is 8.11. The smallest absolute Gasteiger partial charge is 0.244 e. The van der Waals surface area contributed by atoms with Gasteiger partial charge in [-0.25, -0.2) is 0 Å². The first-order valence-electron chi connectivity index (χ1n) is 8.11. The second-order valence-corrected chi connectivity index (χ2v) is 6.12. The number of anilines is 2. The van der Waals surface area contributed by atoms with Crippen LogP contribution in [0.4, 0.5) is 11.4 Å². The Morgan fingerprint density at radius 1 is 1.14 bits per heavy atom. The lowest BCUT2D eigenvalue weighted by Gasteiger charge is -2.34. The normalized spacial score (nSPS) is 20.8. The second kappa shape index (κ2) is 6.48. The number of rotatable bonds is 2. The lowest BCUT2D eigenvalue weighted by molar-refractivity contribution is -0.125. The van der Waals surface area contributed by atoms with Crippen LogP contribution >= 0.6 is 0 Å². The molecule has 0 aromatic heterocycles. The molecule has 1 atom stereocenters. The number of amides is 2. The largest absolute Gasteiger partial charge is 0.323 e. The van der Waals surface area contributed by atoms with Gasteiger partial charge in [-0.05, 0) is 45.0 Å². The molecule has 1 fully saturated rings. The average molecular weight is 301 g/mol. The van der Waals surface area contributed by atoms with Gasteiger partial charge < -0.3 is 5.32 Å². The number of hydrogen-bond donors (Lipinski definition) is 1. The molecular formula is C17H23N3O2. The number of nitrogens with zero attached hydrogens (tertiary/aromatic N) is 2. The van der Waals surface area contributed by atoms with E-state index in [1.807, 2.05) is 31.2 Å². The van der Waals surface area contributed by atoms with Gasteiger partial charge in [-0.15, -0.1) is 0 Å². The molecule has 0 unspecified atom stereocenters. The van der Waals surface area contributed by atoms with Gasteiger partial charge in [0.2, 0.25) is 11.8 Å². The number of carbonyl (C=O) groups is 2. The first-order chi connectivity index (χ1) is 10.7. The minimum Gasteiger partial charge on any atom is -0.323 e. The van der Waals surface area contributed by atoms with E-state index in [1.54, 1.807) is 4.90 Å². The summed E-state index contributed by atoms with van der Waals surface area (Å²) in [5.74, 6) is -0.112. The molecule has 1 aromatic carbocycles. The fourth-order valence-electron chi connectivity index (χ4n) is 3.29. The predicted molar refractivity (Wildman–Crippen MR) is 86.9 cm³/mol. The van der Waals surface area contributed by atoms with Crippen molar-refractivity contribution in [2.75, 3.05) is 29.9 Å². The van der Waals surface area contributed by atoms with Crippen molar-refractivity contribution >= 4 is 23.2 Å². The fourth-order valence-corrected chi connectivity index (χ4v) is 3.29. The van der Waals surface area contributed by atoms with E-state index < -0.39 is 0 Å². The zero-order valence-electron chi connectivity index (χ0n) is 13.0. The molecule has 5 heteroatoms. The maximum atomic E-state index is 12.9. The van der Waals surface area contributed by atoms with Crippen LogP contribution in [-0.2, 0) is 9.59 Å². The molecule has 1 N–H and O–H groups in total. The molecule has 0 aliphatic carbocycles. The van der Waals surface area contributed by atoms with E-state index >= 15 is 0 Å². The zero-order valence-corrected chi connectivity index (χ0v) is 13.0. The number of benzene rings is 1. The maximum Gasteiger partial charge on any atom is 0.244 e. The minimum atomic E-state index is -0.183. The van der Waals surface area contributed by atoms with Gasteiger partial charge in [-0.3, -0.25) is 19.4 Å². The molecule has 118 valence electrons. The summed E-state index contributed by atoms with van der Waals surface area (Å²) < 4.78 is 0. The molecular weight excluding hydrogens is 278 g/mol. The third-order valence-corrected chi connectivity index (χ3v) is 4.58. The van der Waals surface area contributed by atoms with Gasteiger partial charge in [0.1, 0.15) is 6.54 Å². The summed E-state index contributed by atoms with van der Waals surface area (Å²) in [6.07, 6.45) is 4.78.